The quantitative estimate of drug-likeness (QED) is 0.137. The molecule has 0 aromatic heterocycles. The number of hydrogen-bond acceptors (Lipinski definition) is 9. The Hall–Kier alpha value is -5.02. The molecule has 0 aliphatic heterocycles. The van der Waals surface area contributed by atoms with Gasteiger partial charge in [0.2, 0.25) is 0 Å². The van der Waals surface area contributed by atoms with Crippen molar-refractivity contribution in [2.24, 2.45) is 0 Å². The van der Waals surface area contributed by atoms with E-state index in [9.17, 15) is 19.8 Å². The minimum absolute atomic E-state index is 0.0880. The van der Waals surface area contributed by atoms with Crippen LogP contribution in [0.5, 0.6) is 34.5 Å². The van der Waals surface area contributed by atoms with E-state index in [1.54, 1.807) is 72.8 Å². The second-order valence-corrected chi connectivity index (χ2v) is 8.62. The van der Waals surface area contributed by atoms with Gasteiger partial charge in [0.05, 0.1) is 24.3 Å². The number of esters is 2. The van der Waals surface area contributed by atoms with Crippen LogP contribution in [0.4, 0.5) is 0 Å². The van der Waals surface area contributed by atoms with E-state index in [1.807, 2.05) is 6.92 Å². The average Bonchev–Trinajstić information content (AvgIpc) is 2.96. The standard InChI is InChI=1S/C31H28O9/c1-21(38-25-16-12-23(13-17-25)31(35)40-29-9-5-3-7-27(29)33)20-36-18-19-37-24-14-10-22(11-15-24)30(34)39-28-8-4-2-6-26(28)32/h2-17,21,32-33H,18-20H2,1H3. The molecule has 4 aromatic rings. The first-order valence-corrected chi connectivity index (χ1v) is 12.5. The molecule has 1 atom stereocenters. The molecule has 40 heavy (non-hydrogen) atoms. The predicted octanol–water partition coefficient (Wildman–Crippen LogP) is 5.40. The summed E-state index contributed by atoms with van der Waals surface area (Å²) in [6.45, 7) is 2.79. The predicted molar refractivity (Wildman–Crippen MR) is 145 cm³/mol. The van der Waals surface area contributed by atoms with Crippen molar-refractivity contribution in [2.45, 2.75) is 13.0 Å². The van der Waals surface area contributed by atoms with E-state index in [4.69, 9.17) is 23.7 Å². The highest BCUT2D eigenvalue weighted by atomic mass is 16.6. The lowest BCUT2D eigenvalue weighted by Crippen LogP contribution is -2.21. The van der Waals surface area contributed by atoms with Crippen LogP contribution < -0.4 is 18.9 Å². The average molecular weight is 545 g/mol. The van der Waals surface area contributed by atoms with E-state index >= 15 is 0 Å². The largest absolute Gasteiger partial charge is 0.504 e. The smallest absolute Gasteiger partial charge is 0.343 e. The zero-order valence-electron chi connectivity index (χ0n) is 21.7. The molecule has 0 aliphatic carbocycles. The van der Waals surface area contributed by atoms with E-state index in [-0.39, 0.29) is 29.1 Å². The Labute approximate surface area is 231 Å². The molecule has 9 nitrogen and oxygen atoms in total. The van der Waals surface area contributed by atoms with Crippen LogP contribution in [-0.4, -0.2) is 48.1 Å². The van der Waals surface area contributed by atoms with E-state index in [1.165, 1.54) is 24.3 Å². The number of aromatic hydroxyl groups is 2. The summed E-state index contributed by atoms with van der Waals surface area (Å²) in [4.78, 5) is 24.6. The van der Waals surface area contributed by atoms with Gasteiger partial charge in [-0.05, 0) is 79.7 Å². The highest BCUT2D eigenvalue weighted by molar-refractivity contribution is 5.92. The van der Waals surface area contributed by atoms with Crippen LogP contribution in [0, 0.1) is 0 Å². The fourth-order valence-electron chi connectivity index (χ4n) is 3.50. The topological polar surface area (TPSA) is 121 Å². The van der Waals surface area contributed by atoms with E-state index in [0.717, 1.165) is 0 Å². The van der Waals surface area contributed by atoms with Gasteiger partial charge in [0.1, 0.15) is 24.2 Å². The first-order chi connectivity index (χ1) is 19.4. The molecule has 1 unspecified atom stereocenters. The van der Waals surface area contributed by atoms with Crippen LogP contribution in [-0.2, 0) is 4.74 Å². The first-order valence-electron chi connectivity index (χ1n) is 12.5. The number of ether oxygens (including phenoxy) is 5. The molecule has 0 fully saturated rings. The van der Waals surface area contributed by atoms with Crippen molar-refractivity contribution < 1.29 is 43.5 Å². The van der Waals surface area contributed by atoms with Crippen LogP contribution in [0.15, 0.2) is 97.1 Å². The molecule has 4 aromatic carbocycles. The second-order valence-electron chi connectivity index (χ2n) is 8.62. The van der Waals surface area contributed by atoms with E-state index in [0.29, 0.717) is 42.4 Å². The van der Waals surface area contributed by atoms with Gasteiger partial charge >= 0.3 is 11.9 Å². The number of carbonyl (C=O) groups is 2. The zero-order valence-corrected chi connectivity index (χ0v) is 21.7. The summed E-state index contributed by atoms with van der Waals surface area (Å²) < 4.78 is 27.5. The maximum Gasteiger partial charge on any atom is 0.343 e. The molecule has 0 saturated heterocycles. The first kappa shape index (κ1) is 28.0. The maximum absolute atomic E-state index is 12.3. The summed E-state index contributed by atoms with van der Waals surface area (Å²) in [6, 6.07) is 25.4. The molecule has 0 aliphatic rings. The highest BCUT2D eigenvalue weighted by Gasteiger charge is 2.13. The lowest BCUT2D eigenvalue weighted by Gasteiger charge is -2.15. The third kappa shape index (κ3) is 7.99. The molecule has 0 amide bonds. The monoisotopic (exact) mass is 544 g/mol. The molecule has 0 bridgehead atoms. The van der Waals surface area contributed by atoms with Crippen LogP contribution in [0.2, 0.25) is 0 Å². The van der Waals surface area contributed by atoms with Gasteiger partial charge in [-0.25, -0.2) is 9.59 Å². The minimum atomic E-state index is -0.591. The molecule has 206 valence electrons. The van der Waals surface area contributed by atoms with Crippen molar-refractivity contribution in [3.8, 4) is 34.5 Å². The second kappa shape index (κ2) is 13.7. The molecular weight excluding hydrogens is 516 g/mol. The Morgan fingerprint density at radius 1 is 0.650 bits per heavy atom. The lowest BCUT2D eigenvalue weighted by molar-refractivity contribution is 0.0432. The van der Waals surface area contributed by atoms with Gasteiger partial charge in [-0.3, -0.25) is 0 Å². The summed E-state index contributed by atoms with van der Waals surface area (Å²) in [7, 11) is 0. The minimum Gasteiger partial charge on any atom is -0.504 e. The number of hydrogen-bond donors (Lipinski definition) is 2. The van der Waals surface area contributed by atoms with Crippen molar-refractivity contribution in [3.63, 3.8) is 0 Å². The number of para-hydroxylation sites is 4. The fourth-order valence-corrected chi connectivity index (χ4v) is 3.50. The fraction of sp³-hybridized carbons (Fsp3) is 0.161. The van der Waals surface area contributed by atoms with Gasteiger partial charge in [0.25, 0.3) is 0 Å². The van der Waals surface area contributed by atoms with Crippen LogP contribution in [0.1, 0.15) is 27.6 Å². The van der Waals surface area contributed by atoms with Gasteiger partial charge in [-0.15, -0.1) is 0 Å². The molecule has 0 heterocycles. The molecule has 0 radical (unpaired) electrons. The molecule has 9 heteroatoms. The number of phenols is 2. The molecule has 4 rings (SSSR count). The van der Waals surface area contributed by atoms with Gasteiger partial charge < -0.3 is 33.9 Å². The van der Waals surface area contributed by atoms with Crippen molar-refractivity contribution in [1.82, 2.24) is 0 Å². The summed E-state index contributed by atoms with van der Waals surface area (Å²) >= 11 is 0. The maximum atomic E-state index is 12.3. The third-order valence-corrected chi connectivity index (χ3v) is 5.50. The van der Waals surface area contributed by atoms with Crippen molar-refractivity contribution >= 4 is 11.9 Å². The van der Waals surface area contributed by atoms with Crippen molar-refractivity contribution in [2.75, 3.05) is 19.8 Å². The number of phenolic OH excluding ortho intramolecular Hbond substituents is 2. The summed E-state index contributed by atoms with van der Waals surface area (Å²) in [5, 5.41) is 19.5. The van der Waals surface area contributed by atoms with E-state index in [2.05, 4.69) is 0 Å². The summed E-state index contributed by atoms with van der Waals surface area (Å²) in [5.74, 6) is -0.107. The zero-order chi connectivity index (χ0) is 28.3. The van der Waals surface area contributed by atoms with Gasteiger partial charge in [-0.1, -0.05) is 24.3 Å². The molecule has 2 N–H and O–H groups in total. The van der Waals surface area contributed by atoms with Crippen LogP contribution in [0.3, 0.4) is 0 Å². The van der Waals surface area contributed by atoms with Crippen molar-refractivity contribution in [3.05, 3.63) is 108 Å². The summed E-state index contributed by atoms with van der Waals surface area (Å²) in [5.41, 5.74) is 0.635. The summed E-state index contributed by atoms with van der Waals surface area (Å²) in [6.07, 6.45) is -0.256. The third-order valence-electron chi connectivity index (χ3n) is 5.50. The SMILES string of the molecule is CC(COCCOc1ccc(C(=O)Oc2ccccc2O)cc1)Oc1ccc(C(=O)Oc2ccccc2O)cc1. The van der Waals surface area contributed by atoms with Crippen LogP contribution >= 0.6 is 0 Å². The molecular formula is C31H28O9. The van der Waals surface area contributed by atoms with Crippen molar-refractivity contribution in [1.29, 1.82) is 0 Å². The Morgan fingerprint density at radius 2 is 1.12 bits per heavy atom. The number of carbonyl (C=O) groups excluding carboxylic acids is 2. The Bertz CT molecular complexity index is 1420. The van der Waals surface area contributed by atoms with E-state index < -0.39 is 11.9 Å². The number of benzene rings is 4. The van der Waals surface area contributed by atoms with Gasteiger partial charge in [0.15, 0.2) is 23.0 Å². The number of rotatable bonds is 12. The van der Waals surface area contributed by atoms with Gasteiger partial charge in [0, 0.05) is 0 Å². The highest BCUT2D eigenvalue weighted by Crippen LogP contribution is 2.27. The Morgan fingerprint density at radius 3 is 1.62 bits per heavy atom. The lowest BCUT2D eigenvalue weighted by atomic mass is 10.2. The van der Waals surface area contributed by atoms with Crippen LogP contribution in [0.25, 0.3) is 0 Å². The molecule has 0 spiro atoms. The Kier molecular flexibility index (Phi) is 9.58. The normalized spacial score (nSPS) is 11.3. The van der Waals surface area contributed by atoms with Gasteiger partial charge in [-0.2, -0.15) is 0 Å². The molecule has 0 saturated carbocycles. The Balaban J connectivity index is 1.14.